The topological polar surface area (TPSA) is 29.1 Å². The number of hydrogen-bond acceptors (Lipinski definition) is 1. The standard InChI is InChI=1S/C15H24INO/c1-13-5-11-6-14(2,8-13)10-15(7-11,9-13)12(18)17-4-3-16/h11H,3-10H2,1-2H3,(H,17,18). The van der Waals surface area contributed by atoms with Crippen molar-refractivity contribution in [2.24, 2.45) is 22.2 Å². The van der Waals surface area contributed by atoms with E-state index in [2.05, 4.69) is 41.8 Å². The zero-order chi connectivity index (χ0) is 13.0. The minimum absolute atomic E-state index is 0.0191. The fourth-order valence-corrected chi connectivity index (χ4v) is 6.32. The van der Waals surface area contributed by atoms with Crippen LogP contribution in [0.15, 0.2) is 0 Å². The van der Waals surface area contributed by atoms with Gasteiger partial charge in [0.15, 0.2) is 0 Å². The van der Waals surface area contributed by atoms with Crippen LogP contribution in [0.1, 0.15) is 52.4 Å². The first-order valence-electron chi connectivity index (χ1n) is 7.23. The lowest BCUT2D eigenvalue weighted by molar-refractivity contribution is -0.170. The van der Waals surface area contributed by atoms with Crippen LogP contribution in [0.4, 0.5) is 0 Å². The Balaban J connectivity index is 1.86. The summed E-state index contributed by atoms with van der Waals surface area (Å²) in [6.07, 6.45) is 7.51. The van der Waals surface area contributed by atoms with Crippen LogP contribution in [0.5, 0.6) is 0 Å². The van der Waals surface area contributed by atoms with Crippen LogP contribution in [0.2, 0.25) is 0 Å². The van der Waals surface area contributed by atoms with E-state index in [4.69, 9.17) is 0 Å². The Morgan fingerprint density at radius 1 is 1.17 bits per heavy atom. The van der Waals surface area contributed by atoms with Gasteiger partial charge < -0.3 is 5.32 Å². The highest BCUT2D eigenvalue weighted by atomic mass is 127. The predicted molar refractivity (Wildman–Crippen MR) is 81.7 cm³/mol. The molecule has 0 aromatic rings. The normalized spacial score (nSPS) is 49.4. The summed E-state index contributed by atoms with van der Waals surface area (Å²) in [6, 6.07) is 0. The first-order chi connectivity index (χ1) is 8.39. The number of carbonyl (C=O) groups excluding carboxylic acids is 1. The van der Waals surface area contributed by atoms with E-state index in [1.54, 1.807) is 0 Å². The monoisotopic (exact) mass is 361 g/mol. The Bertz CT molecular complexity index is 363. The average Bonchev–Trinajstić information content (AvgIpc) is 2.20. The number of alkyl halides is 1. The quantitative estimate of drug-likeness (QED) is 0.605. The molecule has 2 nitrogen and oxygen atoms in total. The molecule has 4 fully saturated rings. The van der Waals surface area contributed by atoms with Crippen molar-refractivity contribution in [1.29, 1.82) is 0 Å². The van der Waals surface area contributed by atoms with Gasteiger partial charge in [-0.3, -0.25) is 4.79 Å². The number of amides is 1. The highest BCUT2D eigenvalue weighted by molar-refractivity contribution is 14.1. The second-order valence-electron chi connectivity index (χ2n) is 7.86. The molecule has 3 heteroatoms. The Labute approximate surface area is 124 Å². The van der Waals surface area contributed by atoms with E-state index < -0.39 is 0 Å². The summed E-state index contributed by atoms with van der Waals surface area (Å²) in [4.78, 5) is 12.6. The number of nitrogens with one attached hydrogen (secondary N) is 1. The van der Waals surface area contributed by atoms with Crippen LogP contribution in [0.3, 0.4) is 0 Å². The Morgan fingerprint density at radius 3 is 2.28 bits per heavy atom. The van der Waals surface area contributed by atoms with Crippen molar-refractivity contribution < 1.29 is 4.79 Å². The molecule has 102 valence electrons. The molecule has 0 aromatic carbocycles. The van der Waals surface area contributed by atoms with Gasteiger partial charge in [-0.2, -0.15) is 0 Å². The van der Waals surface area contributed by atoms with Gasteiger partial charge in [-0.25, -0.2) is 0 Å². The summed E-state index contributed by atoms with van der Waals surface area (Å²) in [7, 11) is 0. The zero-order valence-corrected chi connectivity index (χ0v) is 13.7. The van der Waals surface area contributed by atoms with E-state index >= 15 is 0 Å². The van der Waals surface area contributed by atoms with E-state index in [1.807, 2.05) is 0 Å². The third-order valence-corrected chi connectivity index (χ3v) is 6.03. The lowest BCUT2D eigenvalue weighted by Gasteiger charge is -2.64. The number of rotatable bonds is 3. The molecule has 0 aromatic heterocycles. The van der Waals surface area contributed by atoms with Gasteiger partial charge in [-0.15, -0.1) is 0 Å². The molecule has 0 aliphatic heterocycles. The summed E-state index contributed by atoms with van der Waals surface area (Å²) in [6.45, 7) is 5.69. The molecule has 0 saturated heterocycles. The van der Waals surface area contributed by atoms with Crippen molar-refractivity contribution in [2.45, 2.75) is 52.4 Å². The molecule has 0 heterocycles. The first-order valence-corrected chi connectivity index (χ1v) is 8.76. The molecular weight excluding hydrogens is 337 g/mol. The third kappa shape index (κ3) is 2.01. The molecule has 2 atom stereocenters. The molecule has 4 bridgehead atoms. The highest BCUT2D eigenvalue weighted by Crippen LogP contribution is 2.69. The van der Waals surface area contributed by atoms with Gasteiger partial charge in [0, 0.05) is 11.0 Å². The first kappa shape index (κ1) is 13.2. The average molecular weight is 361 g/mol. The summed E-state index contributed by atoms with van der Waals surface area (Å²) < 4.78 is 1.01. The van der Waals surface area contributed by atoms with Crippen molar-refractivity contribution in [2.75, 3.05) is 11.0 Å². The van der Waals surface area contributed by atoms with Gasteiger partial charge in [-0.05, 0) is 55.3 Å². The van der Waals surface area contributed by atoms with Crippen LogP contribution in [0, 0.1) is 22.2 Å². The van der Waals surface area contributed by atoms with Crippen LogP contribution in [0.25, 0.3) is 0 Å². The fourth-order valence-electron chi connectivity index (χ4n) is 6.05. The zero-order valence-electron chi connectivity index (χ0n) is 11.5. The lowest BCUT2D eigenvalue weighted by atomic mass is 9.40. The van der Waals surface area contributed by atoms with E-state index in [0.29, 0.717) is 16.7 Å². The SMILES string of the molecule is CC12CC3CC(C)(C1)CC(C(=O)NCCI)(C3)C2. The minimum atomic E-state index is -0.0191. The maximum atomic E-state index is 12.6. The van der Waals surface area contributed by atoms with Gasteiger partial charge in [0.25, 0.3) is 0 Å². The molecule has 0 radical (unpaired) electrons. The molecule has 18 heavy (non-hydrogen) atoms. The third-order valence-electron chi connectivity index (χ3n) is 5.49. The molecule has 4 aliphatic carbocycles. The van der Waals surface area contributed by atoms with Gasteiger partial charge in [0.1, 0.15) is 0 Å². The molecule has 4 rings (SSSR count). The van der Waals surface area contributed by atoms with Crippen molar-refractivity contribution in [3.63, 3.8) is 0 Å². The maximum absolute atomic E-state index is 12.6. The fraction of sp³-hybridized carbons (Fsp3) is 0.933. The van der Waals surface area contributed by atoms with Gasteiger partial charge in [0.2, 0.25) is 5.91 Å². The molecular formula is C15H24INO. The Morgan fingerprint density at radius 2 is 1.78 bits per heavy atom. The van der Waals surface area contributed by atoms with E-state index in [0.717, 1.165) is 36.2 Å². The smallest absolute Gasteiger partial charge is 0.226 e. The minimum Gasteiger partial charge on any atom is -0.355 e. The molecule has 1 N–H and O–H groups in total. The largest absolute Gasteiger partial charge is 0.355 e. The predicted octanol–water partition coefficient (Wildman–Crippen LogP) is 3.53. The second-order valence-corrected chi connectivity index (χ2v) is 8.93. The molecule has 4 aliphatic rings. The summed E-state index contributed by atoms with van der Waals surface area (Å²) >= 11 is 2.33. The molecule has 0 spiro atoms. The lowest BCUT2D eigenvalue weighted by Crippen LogP contribution is -2.60. The van der Waals surface area contributed by atoms with E-state index in [-0.39, 0.29) is 5.41 Å². The molecule has 2 unspecified atom stereocenters. The maximum Gasteiger partial charge on any atom is 0.226 e. The summed E-state index contributed by atoms with van der Waals surface area (Å²) in [5.74, 6) is 1.17. The number of carbonyl (C=O) groups is 1. The van der Waals surface area contributed by atoms with Crippen molar-refractivity contribution in [1.82, 2.24) is 5.32 Å². The molecule has 4 saturated carbocycles. The van der Waals surface area contributed by atoms with E-state index in [9.17, 15) is 4.79 Å². The number of halogens is 1. The van der Waals surface area contributed by atoms with Crippen LogP contribution >= 0.6 is 22.6 Å². The Kier molecular flexibility index (Phi) is 3.00. The molecule has 1 amide bonds. The van der Waals surface area contributed by atoms with Gasteiger partial charge in [0.05, 0.1) is 5.41 Å². The van der Waals surface area contributed by atoms with Gasteiger partial charge >= 0.3 is 0 Å². The van der Waals surface area contributed by atoms with Crippen molar-refractivity contribution in [3.8, 4) is 0 Å². The van der Waals surface area contributed by atoms with Crippen LogP contribution < -0.4 is 5.32 Å². The van der Waals surface area contributed by atoms with Crippen LogP contribution in [-0.4, -0.2) is 16.9 Å². The summed E-state index contributed by atoms with van der Waals surface area (Å²) in [5.41, 5.74) is 0.861. The summed E-state index contributed by atoms with van der Waals surface area (Å²) in [5, 5.41) is 3.18. The van der Waals surface area contributed by atoms with Gasteiger partial charge in [-0.1, -0.05) is 36.4 Å². The van der Waals surface area contributed by atoms with Crippen LogP contribution in [-0.2, 0) is 4.79 Å². The Hall–Kier alpha value is 0.200. The van der Waals surface area contributed by atoms with Crippen molar-refractivity contribution >= 4 is 28.5 Å². The second kappa shape index (κ2) is 4.10. The van der Waals surface area contributed by atoms with E-state index in [1.165, 1.54) is 19.3 Å². The number of hydrogen-bond donors (Lipinski definition) is 1. The highest BCUT2D eigenvalue weighted by Gasteiger charge is 2.62. The van der Waals surface area contributed by atoms with Crippen molar-refractivity contribution in [3.05, 3.63) is 0 Å².